The van der Waals surface area contributed by atoms with E-state index < -0.39 is 0 Å². The van der Waals surface area contributed by atoms with Crippen molar-refractivity contribution in [2.24, 2.45) is 5.92 Å². The van der Waals surface area contributed by atoms with Gasteiger partial charge >= 0.3 is 0 Å². The van der Waals surface area contributed by atoms with Gasteiger partial charge in [0, 0.05) is 6.04 Å². The Kier molecular flexibility index (Phi) is 2.89. The van der Waals surface area contributed by atoms with Crippen LogP contribution in [0.15, 0.2) is 0 Å². The summed E-state index contributed by atoms with van der Waals surface area (Å²) in [4.78, 5) is 2.63. The zero-order valence-corrected chi connectivity index (χ0v) is 8.58. The first-order chi connectivity index (χ1) is 6.27. The molecule has 0 amide bonds. The normalized spacial score (nSPS) is 30.0. The second-order valence-corrected chi connectivity index (χ2v) is 4.70. The van der Waals surface area contributed by atoms with Crippen molar-refractivity contribution in [1.82, 2.24) is 4.90 Å². The summed E-state index contributed by atoms with van der Waals surface area (Å²) in [6.45, 7) is 4.38. The second-order valence-electron chi connectivity index (χ2n) is 4.70. The zero-order valence-electron chi connectivity index (χ0n) is 8.58. The van der Waals surface area contributed by atoms with E-state index in [2.05, 4.69) is 4.90 Å². The molecule has 1 unspecified atom stereocenters. The summed E-state index contributed by atoms with van der Waals surface area (Å²) in [5.41, 5.74) is 0. The zero-order chi connectivity index (χ0) is 9.26. The van der Waals surface area contributed by atoms with Crippen LogP contribution in [0, 0.1) is 5.92 Å². The third-order valence-corrected chi connectivity index (χ3v) is 3.85. The largest absolute Gasteiger partial charge is 0.393 e. The molecular weight excluding hydrogens is 162 g/mol. The van der Waals surface area contributed by atoms with Gasteiger partial charge in [0.1, 0.15) is 0 Å². The highest BCUT2D eigenvalue weighted by Gasteiger charge is 2.29. The van der Waals surface area contributed by atoms with Crippen LogP contribution in [0.5, 0.6) is 0 Å². The third-order valence-electron chi connectivity index (χ3n) is 3.85. The van der Waals surface area contributed by atoms with Crippen LogP contribution in [0.2, 0.25) is 0 Å². The molecule has 76 valence electrons. The van der Waals surface area contributed by atoms with Crippen molar-refractivity contribution in [3.63, 3.8) is 0 Å². The maximum Gasteiger partial charge on any atom is 0.0541 e. The Labute approximate surface area is 80.9 Å². The van der Waals surface area contributed by atoms with Crippen LogP contribution in [0.25, 0.3) is 0 Å². The lowest BCUT2D eigenvalue weighted by Crippen LogP contribution is -2.46. The quantitative estimate of drug-likeness (QED) is 0.703. The van der Waals surface area contributed by atoms with Gasteiger partial charge in [-0.25, -0.2) is 0 Å². The summed E-state index contributed by atoms with van der Waals surface area (Å²) in [5, 5.41) is 9.45. The predicted octanol–water partition coefficient (Wildman–Crippen LogP) is 1.63. The van der Waals surface area contributed by atoms with E-state index >= 15 is 0 Å². The van der Waals surface area contributed by atoms with Crippen molar-refractivity contribution >= 4 is 0 Å². The number of likely N-dealkylation sites (tertiary alicyclic amines) is 1. The average molecular weight is 183 g/mol. The van der Waals surface area contributed by atoms with Crippen LogP contribution in [-0.4, -0.2) is 35.2 Å². The van der Waals surface area contributed by atoms with Gasteiger partial charge in [-0.2, -0.15) is 0 Å². The molecule has 0 aromatic carbocycles. The molecule has 1 heterocycles. The number of rotatable bonds is 2. The molecule has 0 spiro atoms. The summed E-state index contributed by atoms with van der Waals surface area (Å²) < 4.78 is 0. The lowest BCUT2D eigenvalue weighted by molar-refractivity contribution is 0.0373. The van der Waals surface area contributed by atoms with Gasteiger partial charge in [0.15, 0.2) is 0 Å². The first kappa shape index (κ1) is 9.47. The molecule has 1 atom stereocenters. The Morgan fingerprint density at radius 2 is 1.77 bits per heavy atom. The minimum Gasteiger partial charge on any atom is -0.393 e. The van der Waals surface area contributed by atoms with Gasteiger partial charge in [0.25, 0.3) is 0 Å². The summed E-state index contributed by atoms with van der Waals surface area (Å²) in [7, 11) is 0. The summed E-state index contributed by atoms with van der Waals surface area (Å²) in [5.74, 6) is 0.566. The standard InChI is InChI=1S/C11H21NO/c1-9(13)10-5-7-12(8-6-10)11-3-2-4-11/h9-11,13H,2-8H2,1H3. The van der Waals surface area contributed by atoms with E-state index in [9.17, 15) is 5.11 Å². The molecule has 1 saturated heterocycles. The molecule has 1 N–H and O–H groups in total. The molecule has 1 aliphatic heterocycles. The smallest absolute Gasteiger partial charge is 0.0541 e. The molecule has 0 aromatic heterocycles. The fraction of sp³-hybridized carbons (Fsp3) is 1.00. The van der Waals surface area contributed by atoms with E-state index in [0.717, 1.165) is 6.04 Å². The second kappa shape index (κ2) is 3.97. The van der Waals surface area contributed by atoms with Gasteiger partial charge < -0.3 is 10.0 Å². The number of piperidine rings is 1. The molecule has 2 fully saturated rings. The van der Waals surface area contributed by atoms with Gasteiger partial charge in [0.05, 0.1) is 6.10 Å². The Hall–Kier alpha value is -0.0800. The van der Waals surface area contributed by atoms with E-state index in [1.54, 1.807) is 0 Å². The van der Waals surface area contributed by atoms with Crippen molar-refractivity contribution in [2.75, 3.05) is 13.1 Å². The van der Waals surface area contributed by atoms with Gasteiger partial charge in [0.2, 0.25) is 0 Å². The molecule has 2 heteroatoms. The molecule has 13 heavy (non-hydrogen) atoms. The Balaban J connectivity index is 1.75. The maximum absolute atomic E-state index is 9.45. The highest BCUT2D eigenvalue weighted by Crippen LogP contribution is 2.29. The third kappa shape index (κ3) is 2.05. The minimum atomic E-state index is -0.0939. The van der Waals surface area contributed by atoms with E-state index in [-0.39, 0.29) is 6.10 Å². The number of aliphatic hydroxyl groups is 1. The Morgan fingerprint density at radius 1 is 1.15 bits per heavy atom. The predicted molar refractivity (Wildman–Crippen MR) is 53.6 cm³/mol. The van der Waals surface area contributed by atoms with Crippen LogP contribution in [0.1, 0.15) is 39.0 Å². The van der Waals surface area contributed by atoms with Crippen molar-refractivity contribution in [1.29, 1.82) is 0 Å². The fourth-order valence-electron chi connectivity index (χ4n) is 2.52. The van der Waals surface area contributed by atoms with Crippen molar-refractivity contribution in [3.05, 3.63) is 0 Å². The van der Waals surface area contributed by atoms with Crippen molar-refractivity contribution < 1.29 is 5.11 Å². The number of hydrogen-bond acceptors (Lipinski definition) is 2. The SMILES string of the molecule is CC(O)C1CCN(C2CCC2)CC1. The molecule has 1 aliphatic carbocycles. The summed E-state index contributed by atoms with van der Waals surface area (Å²) >= 11 is 0. The maximum atomic E-state index is 9.45. The molecular formula is C11H21NO. The Bertz CT molecular complexity index is 157. The molecule has 2 nitrogen and oxygen atoms in total. The molecule has 2 aliphatic rings. The van der Waals surface area contributed by atoms with E-state index in [0.29, 0.717) is 5.92 Å². The minimum absolute atomic E-state index is 0.0939. The van der Waals surface area contributed by atoms with Crippen molar-refractivity contribution in [3.8, 4) is 0 Å². The number of aliphatic hydroxyl groups excluding tert-OH is 1. The van der Waals surface area contributed by atoms with Gasteiger partial charge in [-0.15, -0.1) is 0 Å². The van der Waals surface area contributed by atoms with Crippen LogP contribution in [0.3, 0.4) is 0 Å². The van der Waals surface area contributed by atoms with E-state index in [4.69, 9.17) is 0 Å². The molecule has 2 rings (SSSR count). The van der Waals surface area contributed by atoms with Crippen LogP contribution in [-0.2, 0) is 0 Å². The first-order valence-corrected chi connectivity index (χ1v) is 5.69. The van der Waals surface area contributed by atoms with E-state index in [1.165, 1.54) is 45.2 Å². The van der Waals surface area contributed by atoms with Gasteiger partial charge in [-0.05, 0) is 51.6 Å². The lowest BCUT2D eigenvalue weighted by Gasteiger charge is -2.42. The number of hydrogen-bond donors (Lipinski definition) is 1. The highest BCUT2D eigenvalue weighted by atomic mass is 16.3. The van der Waals surface area contributed by atoms with Crippen LogP contribution in [0.4, 0.5) is 0 Å². The highest BCUT2D eigenvalue weighted by molar-refractivity contribution is 4.84. The van der Waals surface area contributed by atoms with E-state index in [1.807, 2.05) is 6.92 Å². The topological polar surface area (TPSA) is 23.5 Å². The summed E-state index contributed by atoms with van der Waals surface area (Å²) in [6.07, 6.45) is 6.57. The van der Waals surface area contributed by atoms with Crippen molar-refractivity contribution in [2.45, 2.75) is 51.2 Å². The average Bonchev–Trinajstić information content (AvgIpc) is 2.02. The fourth-order valence-corrected chi connectivity index (χ4v) is 2.52. The Morgan fingerprint density at radius 3 is 2.15 bits per heavy atom. The lowest BCUT2D eigenvalue weighted by atomic mass is 9.86. The first-order valence-electron chi connectivity index (χ1n) is 5.69. The molecule has 1 saturated carbocycles. The molecule has 0 radical (unpaired) electrons. The number of nitrogens with zero attached hydrogens (tertiary/aromatic N) is 1. The van der Waals surface area contributed by atoms with Crippen LogP contribution < -0.4 is 0 Å². The van der Waals surface area contributed by atoms with Gasteiger partial charge in [-0.3, -0.25) is 0 Å². The monoisotopic (exact) mass is 183 g/mol. The van der Waals surface area contributed by atoms with Crippen LogP contribution >= 0.6 is 0 Å². The molecule has 0 bridgehead atoms. The summed E-state index contributed by atoms with van der Waals surface area (Å²) in [6, 6.07) is 0.898. The van der Waals surface area contributed by atoms with Gasteiger partial charge in [-0.1, -0.05) is 6.42 Å². The molecule has 0 aromatic rings.